The maximum absolute atomic E-state index is 5.91. The van der Waals surface area contributed by atoms with Gasteiger partial charge in [-0.3, -0.25) is 0 Å². The van der Waals surface area contributed by atoms with Crippen LogP contribution < -0.4 is 4.74 Å². The van der Waals surface area contributed by atoms with Gasteiger partial charge in [-0.2, -0.15) is 0 Å². The molecule has 1 fully saturated rings. The van der Waals surface area contributed by atoms with Crippen LogP contribution in [0, 0.1) is 12.3 Å². The lowest BCUT2D eigenvalue weighted by Gasteiger charge is -2.24. The van der Waals surface area contributed by atoms with Crippen LogP contribution in [-0.4, -0.2) is 19.3 Å². The molecule has 0 amide bonds. The lowest BCUT2D eigenvalue weighted by molar-refractivity contribution is 0.0254. The van der Waals surface area contributed by atoms with Crippen molar-refractivity contribution in [3.8, 4) is 18.1 Å². The first kappa shape index (κ1) is 11.5. The minimum Gasteiger partial charge on any atom is -0.489 e. The average molecular weight is 281 g/mol. The van der Waals surface area contributed by atoms with E-state index in [4.69, 9.17) is 15.9 Å². The highest BCUT2D eigenvalue weighted by Crippen LogP contribution is 2.25. The molecular weight excluding hydrogens is 268 g/mol. The Balaban J connectivity index is 2.13. The van der Waals surface area contributed by atoms with E-state index in [1.807, 2.05) is 18.2 Å². The first-order valence-corrected chi connectivity index (χ1v) is 6.09. The van der Waals surface area contributed by atoms with Gasteiger partial charge in [0.25, 0.3) is 0 Å². The summed E-state index contributed by atoms with van der Waals surface area (Å²) in [7, 11) is 0. The molecule has 0 unspecified atom stereocenters. The molecule has 0 N–H and O–H groups in total. The summed E-state index contributed by atoms with van der Waals surface area (Å²) >= 11 is 3.42. The van der Waals surface area contributed by atoms with Gasteiger partial charge in [0, 0.05) is 17.3 Å². The van der Waals surface area contributed by atoms with Crippen LogP contribution in [0.2, 0.25) is 0 Å². The molecule has 0 saturated carbocycles. The van der Waals surface area contributed by atoms with Crippen molar-refractivity contribution in [3.05, 3.63) is 28.2 Å². The fourth-order valence-electron chi connectivity index (χ4n) is 1.69. The lowest BCUT2D eigenvalue weighted by Crippen LogP contribution is -2.26. The Labute approximate surface area is 104 Å². The predicted molar refractivity (Wildman–Crippen MR) is 66.5 cm³/mol. The van der Waals surface area contributed by atoms with Crippen molar-refractivity contribution < 1.29 is 9.47 Å². The maximum Gasteiger partial charge on any atom is 0.136 e. The highest BCUT2D eigenvalue weighted by Gasteiger charge is 2.16. The van der Waals surface area contributed by atoms with Gasteiger partial charge in [-0.05, 0) is 18.2 Å². The number of terminal acetylenes is 1. The van der Waals surface area contributed by atoms with E-state index >= 15 is 0 Å². The van der Waals surface area contributed by atoms with E-state index in [2.05, 4.69) is 21.9 Å². The second-order valence-electron chi connectivity index (χ2n) is 3.71. The largest absolute Gasteiger partial charge is 0.489 e. The third-order valence-electron chi connectivity index (χ3n) is 2.56. The second kappa shape index (κ2) is 5.38. The van der Waals surface area contributed by atoms with Gasteiger partial charge in [0.1, 0.15) is 11.9 Å². The van der Waals surface area contributed by atoms with Gasteiger partial charge in [0.15, 0.2) is 0 Å². The summed E-state index contributed by atoms with van der Waals surface area (Å²) in [5.74, 6) is 3.42. The molecule has 0 atom stereocenters. The third-order valence-corrected chi connectivity index (χ3v) is 3.05. The molecule has 0 spiro atoms. The lowest BCUT2D eigenvalue weighted by atomic mass is 10.1. The van der Waals surface area contributed by atoms with Crippen LogP contribution in [0.25, 0.3) is 0 Å². The van der Waals surface area contributed by atoms with Crippen LogP contribution in [0.5, 0.6) is 5.75 Å². The molecule has 0 radical (unpaired) electrons. The van der Waals surface area contributed by atoms with Crippen LogP contribution in [0.3, 0.4) is 0 Å². The van der Waals surface area contributed by atoms with Crippen molar-refractivity contribution in [2.75, 3.05) is 13.2 Å². The zero-order valence-corrected chi connectivity index (χ0v) is 10.5. The van der Waals surface area contributed by atoms with E-state index < -0.39 is 0 Å². The first-order valence-electron chi connectivity index (χ1n) is 5.30. The van der Waals surface area contributed by atoms with Gasteiger partial charge in [-0.1, -0.05) is 21.9 Å². The van der Waals surface area contributed by atoms with Crippen molar-refractivity contribution in [3.63, 3.8) is 0 Å². The summed E-state index contributed by atoms with van der Waals surface area (Å²) in [5.41, 5.74) is 0.801. The van der Waals surface area contributed by atoms with Crippen molar-refractivity contribution in [1.29, 1.82) is 0 Å². The van der Waals surface area contributed by atoms with Crippen molar-refractivity contribution in [2.45, 2.75) is 18.9 Å². The summed E-state index contributed by atoms with van der Waals surface area (Å²) in [5, 5.41) is 0. The molecule has 1 heterocycles. The number of hydrogen-bond donors (Lipinski definition) is 0. The summed E-state index contributed by atoms with van der Waals surface area (Å²) in [6.45, 7) is 1.54. The smallest absolute Gasteiger partial charge is 0.136 e. The molecular formula is C13H13BrO2. The van der Waals surface area contributed by atoms with E-state index in [0.717, 1.165) is 41.8 Å². The minimum absolute atomic E-state index is 0.218. The molecule has 1 aliphatic rings. The number of rotatable bonds is 2. The summed E-state index contributed by atoms with van der Waals surface area (Å²) in [6.07, 6.45) is 7.51. The molecule has 1 aliphatic heterocycles. The molecule has 84 valence electrons. The Morgan fingerprint density at radius 2 is 2.12 bits per heavy atom. The number of benzene rings is 1. The first-order chi connectivity index (χ1) is 7.79. The molecule has 0 aliphatic carbocycles. The summed E-state index contributed by atoms with van der Waals surface area (Å²) in [6, 6.07) is 5.73. The molecule has 3 heteroatoms. The molecule has 2 rings (SSSR count). The fourth-order valence-corrected chi connectivity index (χ4v) is 2.03. The zero-order valence-electron chi connectivity index (χ0n) is 8.91. The molecule has 1 saturated heterocycles. The van der Waals surface area contributed by atoms with Gasteiger partial charge in [0.2, 0.25) is 0 Å². The highest BCUT2D eigenvalue weighted by atomic mass is 79.9. The van der Waals surface area contributed by atoms with Crippen LogP contribution in [0.1, 0.15) is 18.4 Å². The molecule has 1 aromatic rings. The zero-order chi connectivity index (χ0) is 11.4. The monoisotopic (exact) mass is 280 g/mol. The van der Waals surface area contributed by atoms with Crippen molar-refractivity contribution in [1.82, 2.24) is 0 Å². The Morgan fingerprint density at radius 1 is 1.38 bits per heavy atom. The quantitative estimate of drug-likeness (QED) is 0.776. The molecule has 2 nitrogen and oxygen atoms in total. The van der Waals surface area contributed by atoms with Crippen LogP contribution in [-0.2, 0) is 4.74 Å². The third kappa shape index (κ3) is 2.78. The van der Waals surface area contributed by atoms with Crippen LogP contribution in [0.15, 0.2) is 22.7 Å². The topological polar surface area (TPSA) is 18.5 Å². The van der Waals surface area contributed by atoms with Gasteiger partial charge < -0.3 is 9.47 Å². The van der Waals surface area contributed by atoms with Crippen LogP contribution in [0.4, 0.5) is 0 Å². The molecule has 16 heavy (non-hydrogen) atoms. The summed E-state index contributed by atoms with van der Waals surface area (Å²) < 4.78 is 12.2. The number of halogens is 1. The highest BCUT2D eigenvalue weighted by molar-refractivity contribution is 9.10. The van der Waals surface area contributed by atoms with Gasteiger partial charge >= 0.3 is 0 Å². The van der Waals surface area contributed by atoms with Crippen LogP contribution >= 0.6 is 15.9 Å². The Bertz CT molecular complexity index is 403. The van der Waals surface area contributed by atoms with E-state index in [0.29, 0.717) is 0 Å². The standard InChI is InChI=1S/C13H13BrO2/c1-2-10-3-4-11(14)9-13(10)16-12-5-7-15-8-6-12/h1,3-4,9,12H,5-8H2. The Morgan fingerprint density at radius 3 is 2.81 bits per heavy atom. The van der Waals surface area contributed by atoms with Gasteiger partial charge in [0.05, 0.1) is 18.8 Å². The normalized spacial score (nSPS) is 16.8. The molecule has 0 aromatic heterocycles. The van der Waals surface area contributed by atoms with E-state index in [1.165, 1.54) is 0 Å². The van der Waals surface area contributed by atoms with Gasteiger partial charge in [-0.25, -0.2) is 0 Å². The van der Waals surface area contributed by atoms with Crippen molar-refractivity contribution in [2.24, 2.45) is 0 Å². The maximum atomic E-state index is 5.91. The van der Waals surface area contributed by atoms with E-state index in [-0.39, 0.29) is 6.10 Å². The average Bonchev–Trinajstić information content (AvgIpc) is 2.31. The fraction of sp³-hybridized carbons (Fsp3) is 0.385. The van der Waals surface area contributed by atoms with Crippen molar-refractivity contribution >= 4 is 15.9 Å². The predicted octanol–water partition coefficient (Wildman–Crippen LogP) is 2.99. The number of hydrogen-bond acceptors (Lipinski definition) is 2. The molecule has 0 bridgehead atoms. The molecule has 1 aromatic carbocycles. The Kier molecular flexibility index (Phi) is 3.87. The Hall–Kier alpha value is -0.980. The number of ether oxygens (including phenoxy) is 2. The van der Waals surface area contributed by atoms with E-state index in [1.54, 1.807) is 0 Å². The summed E-state index contributed by atoms with van der Waals surface area (Å²) in [4.78, 5) is 0. The van der Waals surface area contributed by atoms with E-state index in [9.17, 15) is 0 Å². The SMILES string of the molecule is C#Cc1ccc(Br)cc1OC1CCOCC1. The van der Waals surface area contributed by atoms with Gasteiger partial charge in [-0.15, -0.1) is 6.42 Å². The second-order valence-corrected chi connectivity index (χ2v) is 4.63. The minimum atomic E-state index is 0.218.